The van der Waals surface area contributed by atoms with E-state index in [0.29, 0.717) is 47.2 Å². The lowest BCUT2D eigenvalue weighted by Gasteiger charge is -2.17. The van der Waals surface area contributed by atoms with Crippen LogP contribution in [0.2, 0.25) is 0 Å². The van der Waals surface area contributed by atoms with Gasteiger partial charge in [-0.3, -0.25) is 4.79 Å². The van der Waals surface area contributed by atoms with Crippen LogP contribution in [-0.4, -0.2) is 21.1 Å². The van der Waals surface area contributed by atoms with Gasteiger partial charge in [0.1, 0.15) is 16.5 Å². The molecule has 3 aromatic rings. The lowest BCUT2D eigenvalue weighted by Crippen LogP contribution is -2.27. The molecule has 1 saturated carbocycles. The van der Waals surface area contributed by atoms with Gasteiger partial charge in [0, 0.05) is 14.1 Å². The maximum Gasteiger partial charge on any atom is 0.241 e. The van der Waals surface area contributed by atoms with Gasteiger partial charge in [0.15, 0.2) is 11.5 Å². The van der Waals surface area contributed by atoms with Gasteiger partial charge >= 0.3 is 0 Å². The first-order valence-electron chi connectivity index (χ1n) is 10.4. The second-order valence-corrected chi connectivity index (χ2v) is 9.97. The average Bonchev–Trinajstić information content (AvgIpc) is 3.46. The third-order valence-corrected chi connectivity index (χ3v) is 7.15. The number of nitrogens with two attached hydrogens (primary N) is 1. The minimum Gasteiger partial charge on any atom is -0.454 e. The molecule has 34 heavy (non-hydrogen) atoms. The van der Waals surface area contributed by atoms with Crippen molar-refractivity contribution in [3.05, 3.63) is 71.3 Å². The van der Waals surface area contributed by atoms with Crippen molar-refractivity contribution < 1.29 is 34.3 Å². The van der Waals surface area contributed by atoms with E-state index < -0.39 is 32.0 Å². The second-order valence-electron chi connectivity index (χ2n) is 8.44. The Morgan fingerprint density at radius 2 is 1.74 bits per heavy atom. The minimum absolute atomic E-state index is 0. The predicted molar refractivity (Wildman–Crippen MR) is 124 cm³/mol. The van der Waals surface area contributed by atoms with Crippen molar-refractivity contribution in [3.8, 4) is 22.6 Å². The number of primary sulfonamides is 1. The number of ether oxygens (including phenoxy) is 2. The Morgan fingerprint density at radius 3 is 2.44 bits per heavy atom. The van der Waals surface area contributed by atoms with Crippen molar-refractivity contribution in [1.82, 2.24) is 0 Å². The van der Waals surface area contributed by atoms with Crippen LogP contribution < -0.4 is 19.9 Å². The highest BCUT2D eigenvalue weighted by Gasteiger charge is 2.51. The predicted octanol–water partition coefficient (Wildman–Crippen LogP) is 4.48. The first kappa shape index (κ1) is 22.3. The van der Waals surface area contributed by atoms with Crippen LogP contribution in [0.1, 0.15) is 26.8 Å². The van der Waals surface area contributed by atoms with E-state index in [1.807, 2.05) is 6.07 Å². The number of anilines is 1. The fourth-order valence-electron chi connectivity index (χ4n) is 4.16. The fourth-order valence-corrected chi connectivity index (χ4v) is 4.76. The molecule has 3 aromatic carbocycles. The van der Waals surface area contributed by atoms with Gasteiger partial charge in [0.25, 0.3) is 0 Å². The molecule has 1 amide bonds. The number of carbonyl (C=O) groups excluding carboxylic acids is 1. The molecular weight excluding hydrogens is 466 g/mol. The zero-order valence-electron chi connectivity index (χ0n) is 18.0. The summed E-state index contributed by atoms with van der Waals surface area (Å²) in [6.07, 6.45) is 1.32. The van der Waals surface area contributed by atoms with Crippen molar-refractivity contribution in [3.63, 3.8) is 0 Å². The lowest BCUT2D eigenvalue weighted by molar-refractivity contribution is -0.118. The summed E-state index contributed by atoms with van der Waals surface area (Å²) >= 11 is 0. The molecule has 1 aliphatic carbocycles. The zero-order chi connectivity index (χ0) is 24.3. The highest BCUT2D eigenvalue weighted by Crippen LogP contribution is 2.51. The number of hydrogen-bond donors (Lipinski definition) is 2. The van der Waals surface area contributed by atoms with Crippen molar-refractivity contribution in [2.45, 2.75) is 30.1 Å². The van der Waals surface area contributed by atoms with Gasteiger partial charge in [-0.15, -0.1) is 0 Å². The molecule has 3 N–H and O–H groups in total. The largest absolute Gasteiger partial charge is 0.454 e. The van der Waals surface area contributed by atoms with E-state index in [1.54, 1.807) is 31.2 Å². The Labute approximate surface area is 197 Å². The van der Waals surface area contributed by atoms with Crippen molar-refractivity contribution >= 4 is 21.6 Å². The molecule has 0 bridgehead atoms. The summed E-state index contributed by atoms with van der Waals surface area (Å²) in [5.74, 6) is -1.11. The highest BCUT2D eigenvalue weighted by atomic mass is 32.2. The number of nitrogens with one attached hydrogen (secondary N) is 1. The summed E-state index contributed by atoms with van der Waals surface area (Å²) < 4.78 is 62.9. The normalized spacial score (nSPS) is 15.8. The smallest absolute Gasteiger partial charge is 0.241 e. The molecule has 1 heterocycles. The van der Waals surface area contributed by atoms with Gasteiger partial charge in [0.2, 0.25) is 22.7 Å². The van der Waals surface area contributed by atoms with Gasteiger partial charge in [-0.2, -0.15) is 0 Å². The standard InChI is InChI=1S/C24H20F2N2O5S.2H2/c1-13-2-4-15(9-16(13)17-10-19(26)22(11-18(17)25)34(27,30)31)28-23(29)24(6-7-24)14-3-5-20-21(8-14)33-12-32-20;;/h2-5,8-11H,6-7,12H2,1H3,(H,28,29)(H2,27,30,31);2*1H. The van der Waals surface area contributed by atoms with E-state index in [9.17, 15) is 22.0 Å². The SMILES string of the molecule is Cc1ccc(NC(=O)C2(c3ccc4c(c3)OCO4)CC2)cc1-c1cc(F)c(S(N)(=O)=O)cc1F.[HH].[HH]. The third kappa shape index (κ3) is 3.78. The highest BCUT2D eigenvalue weighted by molar-refractivity contribution is 7.89. The van der Waals surface area contributed by atoms with E-state index in [2.05, 4.69) is 5.32 Å². The van der Waals surface area contributed by atoms with E-state index in [-0.39, 0.29) is 21.1 Å². The first-order chi connectivity index (χ1) is 16.1. The average molecular weight is 491 g/mol. The summed E-state index contributed by atoms with van der Waals surface area (Å²) in [5.41, 5.74) is 1.27. The van der Waals surface area contributed by atoms with Crippen LogP contribution in [0, 0.1) is 18.6 Å². The molecule has 0 spiro atoms. The number of rotatable bonds is 5. The maximum absolute atomic E-state index is 14.8. The van der Waals surface area contributed by atoms with Crippen LogP contribution in [0.5, 0.6) is 11.5 Å². The van der Waals surface area contributed by atoms with E-state index in [0.717, 1.165) is 11.6 Å². The number of aryl methyl sites for hydroxylation is 1. The van der Waals surface area contributed by atoms with Crippen molar-refractivity contribution in [2.24, 2.45) is 5.14 Å². The Morgan fingerprint density at radius 1 is 1.00 bits per heavy atom. The van der Waals surface area contributed by atoms with Crippen LogP contribution in [0.4, 0.5) is 14.5 Å². The molecule has 2 aliphatic rings. The number of carbonyl (C=O) groups is 1. The molecular formula is C24H24F2N2O5S. The van der Waals surface area contributed by atoms with Gasteiger partial charge in [0.05, 0.1) is 5.41 Å². The van der Waals surface area contributed by atoms with Crippen LogP contribution >= 0.6 is 0 Å². The molecule has 0 saturated heterocycles. The summed E-state index contributed by atoms with van der Waals surface area (Å²) in [5, 5.41) is 7.83. The molecule has 0 unspecified atom stereocenters. The van der Waals surface area contributed by atoms with Crippen LogP contribution in [0.25, 0.3) is 11.1 Å². The van der Waals surface area contributed by atoms with Gasteiger partial charge in [-0.1, -0.05) is 12.1 Å². The molecule has 5 rings (SSSR count). The topological polar surface area (TPSA) is 108 Å². The summed E-state index contributed by atoms with van der Waals surface area (Å²) in [4.78, 5) is 12.3. The summed E-state index contributed by atoms with van der Waals surface area (Å²) in [7, 11) is -4.42. The quantitative estimate of drug-likeness (QED) is 0.548. The molecule has 0 aromatic heterocycles. The number of fused-ring (bicyclic) bond motifs is 1. The second kappa shape index (κ2) is 7.78. The first-order valence-corrected chi connectivity index (χ1v) is 12.0. The molecule has 180 valence electrons. The van der Waals surface area contributed by atoms with Crippen LogP contribution in [0.15, 0.2) is 53.4 Å². The van der Waals surface area contributed by atoms with Gasteiger partial charge in [-0.05, 0) is 72.9 Å². The van der Waals surface area contributed by atoms with Gasteiger partial charge in [-0.25, -0.2) is 22.3 Å². The summed E-state index contributed by atoms with van der Waals surface area (Å²) in [6, 6.07) is 11.6. The van der Waals surface area contributed by atoms with Crippen molar-refractivity contribution in [2.75, 3.05) is 12.1 Å². The lowest BCUT2D eigenvalue weighted by atomic mass is 9.94. The molecule has 0 atom stereocenters. The van der Waals surface area contributed by atoms with E-state index in [1.165, 1.54) is 6.07 Å². The molecule has 0 radical (unpaired) electrons. The Bertz CT molecular complexity index is 1460. The van der Waals surface area contributed by atoms with E-state index in [4.69, 9.17) is 14.6 Å². The van der Waals surface area contributed by atoms with E-state index >= 15 is 0 Å². The number of amides is 1. The molecule has 1 fully saturated rings. The van der Waals surface area contributed by atoms with Crippen LogP contribution in [-0.2, 0) is 20.2 Å². The van der Waals surface area contributed by atoms with Crippen molar-refractivity contribution in [1.29, 1.82) is 0 Å². The molecule has 1 aliphatic heterocycles. The third-order valence-electron chi connectivity index (χ3n) is 6.22. The fraction of sp³-hybridized carbons (Fsp3) is 0.208. The zero-order valence-corrected chi connectivity index (χ0v) is 18.8. The Kier molecular flexibility index (Phi) is 5.10. The number of sulfonamides is 1. The Hall–Kier alpha value is -3.50. The maximum atomic E-state index is 14.8. The number of hydrogen-bond acceptors (Lipinski definition) is 5. The molecule has 10 heteroatoms. The minimum atomic E-state index is -4.42. The summed E-state index contributed by atoms with van der Waals surface area (Å²) in [6.45, 7) is 1.83. The number of benzene rings is 3. The van der Waals surface area contributed by atoms with Crippen LogP contribution in [0.3, 0.4) is 0 Å². The molecule has 7 nitrogen and oxygen atoms in total. The van der Waals surface area contributed by atoms with Gasteiger partial charge < -0.3 is 14.8 Å². The number of halogens is 2. The monoisotopic (exact) mass is 490 g/mol. The Balaban J connectivity index is 0.00000180.